The van der Waals surface area contributed by atoms with Gasteiger partial charge in [0.25, 0.3) is 0 Å². The molecule has 2 N–H and O–H groups in total. The predicted octanol–water partition coefficient (Wildman–Crippen LogP) is 2.20. The van der Waals surface area contributed by atoms with Crippen molar-refractivity contribution in [1.82, 2.24) is 0 Å². The van der Waals surface area contributed by atoms with Crippen molar-refractivity contribution < 1.29 is 0 Å². The van der Waals surface area contributed by atoms with E-state index >= 15 is 0 Å². The molecule has 14 heavy (non-hydrogen) atoms. The fourth-order valence-corrected chi connectivity index (χ4v) is 2.22. The van der Waals surface area contributed by atoms with Crippen LogP contribution in [0.3, 0.4) is 0 Å². The maximum atomic E-state index is 9.09. The molecule has 0 radical (unpaired) electrons. The van der Waals surface area contributed by atoms with Crippen molar-refractivity contribution in [2.24, 2.45) is 5.73 Å². The third-order valence-electron chi connectivity index (χ3n) is 2.99. The number of hydrogen-bond acceptors (Lipinski definition) is 2. The Balaban J connectivity index is 2.65. The summed E-state index contributed by atoms with van der Waals surface area (Å²) in [4.78, 5) is 0. The van der Waals surface area contributed by atoms with Crippen molar-refractivity contribution in [2.45, 2.75) is 32.2 Å². The summed E-state index contributed by atoms with van der Waals surface area (Å²) in [5.74, 6) is 0. The first-order valence-corrected chi connectivity index (χ1v) is 5.02. The third-order valence-corrected chi connectivity index (χ3v) is 2.99. The second-order valence-electron chi connectivity index (χ2n) is 3.94. The number of hydrogen-bond donors (Lipinski definition) is 1. The molecule has 1 aliphatic carbocycles. The van der Waals surface area contributed by atoms with Crippen LogP contribution in [0.4, 0.5) is 0 Å². The highest BCUT2D eigenvalue weighted by Gasteiger charge is 2.20. The number of nitrogens with zero attached hydrogens (tertiary/aromatic N) is 1. The van der Waals surface area contributed by atoms with Crippen molar-refractivity contribution >= 4 is 0 Å². The molecule has 0 amide bonds. The van der Waals surface area contributed by atoms with E-state index in [2.05, 4.69) is 12.1 Å². The van der Waals surface area contributed by atoms with Gasteiger partial charge in [0.2, 0.25) is 0 Å². The van der Waals surface area contributed by atoms with Gasteiger partial charge in [0.15, 0.2) is 0 Å². The number of rotatable bonds is 0. The molecule has 0 fully saturated rings. The Bertz CT molecular complexity index is 402. The van der Waals surface area contributed by atoms with Gasteiger partial charge >= 0.3 is 0 Å². The molecule has 1 aliphatic rings. The van der Waals surface area contributed by atoms with E-state index in [9.17, 15) is 0 Å². The van der Waals surface area contributed by atoms with Crippen LogP contribution in [0.2, 0.25) is 0 Å². The lowest BCUT2D eigenvalue weighted by molar-refractivity contribution is 0.568. The molecule has 0 unspecified atom stereocenters. The highest BCUT2D eigenvalue weighted by atomic mass is 14.6. The lowest BCUT2D eigenvalue weighted by Crippen LogP contribution is -2.19. The van der Waals surface area contributed by atoms with Crippen LogP contribution in [0.25, 0.3) is 0 Å². The van der Waals surface area contributed by atoms with Crippen molar-refractivity contribution in [1.29, 1.82) is 5.26 Å². The van der Waals surface area contributed by atoms with Crippen LogP contribution < -0.4 is 5.73 Å². The molecule has 2 heteroatoms. The molecule has 2 rings (SSSR count). The van der Waals surface area contributed by atoms with Crippen LogP contribution in [-0.4, -0.2) is 0 Å². The van der Waals surface area contributed by atoms with Crippen LogP contribution in [0.5, 0.6) is 0 Å². The summed E-state index contributed by atoms with van der Waals surface area (Å²) >= 11 is 0. The van der Waals surface area contributed by atoms with Crippen molar-refractivity contribution in [3.63, 3.8) is 0 Å². The zero-order valence-electron chi connectivity index (χ0n) is 8.38. The average Bonchev–Trinajstić information content (AvgIpc) is 2.19. The van der Waals surface area contributed by atoms with Gasteiger partial charge in [0.1, 0.15) is 0 Å². The molecular formula is C12H14N2. The molecule has 0 heterocycles. The molecule has 0 aliphatic heterocycles. The van der Waals surface area contributed by atoms with Gasteiger partial charge in [-0.2, -0.15) is 5.26 Å². The van der Waals surface area contributed by atoms with Crippen molar-refractivity contribution in [3.05, 3.63) is 34.4 Å². The summed E-state index contributed by atoms with van der Waals surface area (Å²) in [6.07, 6.45) is 3.21. The zero-order valence-corrected chi connectivity index (χ0v) is 8.38. The van der Waals surface area contributed by atoms with Gasteiger partial charge in [-0.25, -0.2) is 0 Å². The second-order valence-corrected chi connectivity index (χ2v) is 3.94. The summed E-state index contributed by atoms with van der Waals surface area (Å²) in [6.45, 7) is 1.97. The number of benzene rings is 1. The molecule has 0 spiro atoms. The van der Waals surface area contributed by atoms with E-state index in [0.717, 1.165) is 36.0 Å². The van der Waals surface area contributed by atoms with Gasteiger partial charge in [-0.05, 0) is 42.9 Å². The highest BCUT2D eigenvalue weighted by molar-refractivity contribution is 5.50. The van der Waals surface area contributed by atoms with Crippen LogP contribution in [0.15, 0.2) is 12.1 Å². The Morgan fingerprint density at radius 2 is 2.29 bits per heavy atom. The average molecular weight is 186 g/mol. The number of nitriles is 1. The standard InChI is InChI=1S/C12H14N2/c1-8-5-6-9-3-2-4-11(14)12(9)10(8)7-13/h5-6,11H,2-4,14H2,1H3/t11-/m0/s1. The van der Waals surface area contributed by atoms with E-state index in [1.165, 1.54) is 5.56 Å². The lowest BCUT2D eigenvalue weighted by atomic mass is 9.84. The van der Waals surface area contributed by atoms with Crippen molar-refractivity contribution in [2.75, 3.05) is 0 Å². The van der Waals surface area contributed by atoms with E-state index in [0.29, 0.717) is 0 Å². The van der Waals surface area contributed by atoms with E-state index in [1.54, 1.807) is 0 Å². The fourth-order valence-electron chi connectivity index (χ4n) is 2.22. The highest BCUT2D eigenvalue weighted by Crippen LogP contribution is 2.31. The quantitative estimate of drug-likeness (QED) is 0.675. The van der Waals surface area contributed by atoms with Crippen LogP contribution >= 0.6 is 0 Å². The molecule has 72 valence electrons. The summed E-state index contributed by atoms with van der Waals surface area (Å²) in [5, 5.41) is 9.09. The minimum Gasteiger partial charge on any atom is -0.324 e. The van der Waals surface area contributed by atoms with Gasteiger partial charge in [-0.3, -0.25) is 0 Å². The monoisotopic (exact) mass is 186 g/mol. The molecule has 0 aromatic heterocycles. The molecule has 1 aromatic carbocycles. The third kappa shape index (κ3) is 1.30. The zero-order chi connectivity index (χ0) is 10.1. The maximum absolute atomic E-state index is 9.09. The molecule has 0 saturated carbocycles. The van der Waals surface area contributed by atoms with E-state index in [4.69, 9.17) is 11.0 Å². The molecular weight excluding hydrogens is 172 g/mol. The normalized spacial score (nSPS) is 19.9. The molecule has 1 aromatic rings. The van der Waals surface area contributed by atoms with E-state index in [-0.39, 0.29) is 6.04 Å². The lowest BCUT2D eigenvalue weighted by Gasteiger charge is -2.24. The SMILES string of the molecule is Cc1ccc2c(c1C#N)[C@@H](N)CCC2. The van der Waals surface area contributed by atoms with E-state index < -0.39 is 0 Å². The smallest absolute Gasteiger partial charge is 0.0998 e. The number of nitrogens with two attached hydrogens (primary N) is 1. The Morgan fingerprint density at radius 3 is 3.00 bits per heavy atom. The Morgan fingerprint density at radius 1 is 1.50 bits per heavy atom. The maximum Gasteiger partial charge on any atom is 0.0998 e. The van der Waals surface area contributed by atoms with Crippen molar-refractivity contribution in [3.8, 4) is 6.07 Å². The molecule has 1 atom stereocenters. The number of aryl methyl sites for hydroxylation is 2. The largest absolute Gasteiger partial charge is 0.324 e. The summed E-state index contributed by atoms with van der Waals surface area (Å²) < 4.78 is 0. The van der Waals surface area contributed by atoms with Gasteiger partial charge in [0.05, 0.1) is 11.6 Å². The Labute approximate surface area is 84.3 Å². The minimum absolute atomic E-state index is 0.0632. The first kappa shape index (κ1) is 9.23. The summed E-state index contributed by atoms with van der Waals surface area (Å²) in [7, 11) is 0. The van der Waals surface area contributed by atoms with Crippen LogP contribution in [0.1, 0.15) is 41.1 Å². The Kier molecular flexibility index (Phi) is 2.26. The number of fused-ring (bicyclic) bond motifs is 1. The minimum atomic E-state index is 0.0632. The second kappa shape index (κ2) is 3.43. The summed E-state index contributed by atoms with van der Waals surface area (Å²) in [5.41, 5.74) is 10.3. The Hall–Kier alpha value is -1.33. The van der Waals surface area contributed by atoms with Crippen LogP contribution in [0, 0.1) is 18.3 Å². The van der Waals surface area contributed by atoms with Gasteiger partial charge in [-0.1, -0.05) is 12.1 Å². The van der Waals surface area contributed by atoms with Crippen LogP contribution in [-0.2, 0) is 6.42 Å². The summed E-state index contributed by atoms with van der Waals surface area (Å²) in [6, 6.07) is 6.48. The first-order valence-electron chi connectivity index (χ1n) is 5.02. The van der Waals surface area contributed by atoms with Gasteiger partial charge in [-0.15, -0.1) is 0 Å². The van der Waals surface area contributed by atoms with E-state index in [1.807, 2.05) is 13.0 Å². The molecule has 0 saturated heterocycles. The molecule has 2 nitrogen and oxygen atoms in total. The topological polar surface area (TPSA) is 49.8 Å². The van der Waals surface area contributed by atoms with Gasteiger partial charge in [0, 0.05) is 6.04 Å². The fraction of sp³-hybridized carbons (Fsp3) is 0.417. The predicted molar refractivity (Wildman–Crippen MR) is 55.8 cm³/mol. The first-order chi connectivity index (χ1) is 6.74. The molecule has 0 bridgehead atoms. The van der Waals surface area contributed by atoms with Gasteiger partial charge < -0.3 is 5.73 Å².